The maximum absolute atomic E-state index is 12.0. The van der Waals surface area contributed by atoms with Crippen molar-refractivity contribution in [1.82, 2.24) is 15.2 Å². The van der Waals surface area contributed by atoms with Gasteiger partial charge in [-0.2, -0.15) is 5.10 Å². The fraction of sp³-hybridized carbons (Fsp3) is 0. The van der Waals surface area contributed by atoms with E-state index in [-0.39, 0.29) is 11.4 Å². The van der Waals surface area contributed by atoms with Crippen LogP contribution in [0.4, 0.5) is 5.82 Å². The Hall–Kier alpha value is -2.89. The largest absolute Gasteiger partial charge is 0.505 e. The number of rotatable bonds is 2. The Morgan fingerprint density at radius 1 is 1.21 bits per heavy atom. The molecule has 0 aliphatic rings. The summed E-state index contributed by atoms with van der Waals surface area (Å²) in [6.07, 6.45) is 1.44. The van der Waals surface area contributed by atoms with Crippen LogP contribution in [-0.4, -0.2) is 26.2 Å². The smallest absolute Gasteiger partial charge is 0.279 e. The summed E-state index contributed by atoms with van der Waals surface area (Å²) in [6, 6.07) is 10.4. The molecule has 0 unspecified atom stereocenters. The maximum Gasteiger partial charge on any atom is 0.279 e. The second-order valence-corrected chi connectivity index (χ2v) is 3.94. The molecule has 0 saturated heterocycles. The van der Waals surface area contributed by atoms with Crippen LogP contribution in [0.2, 0.25) is 0 Å². The van der Waals surface area contributed by atoms with Gasteiger partial charge in [-0.15, -0.1) is 0 Å². The lowest BCUT2D eigenvalue weighted by molar-refractivity contribution is 0.101. The lowest BCUT2D eigenvalue weighted by Gasteiger charge is -2.03. The number of fused-ring (bicyclic) bond motifs is 1. The third-order valence-electron chi connectivity index (χ3n) is 2.70. The number of hydrogen-bond acceptors (Lipinski definition) is 4. The van der Waals surface area contributed by atoms with Crippen LogP contribution in [0.3, 0.4) is 0 Å². The number of aromatic amines is 1. The average molecular weight is 254 g/mol. The van der Waals surface area contributed by atoms with Gasteiger partial charge < -0.3 is 10.4 Å². The van der Waals surface area contributed by atoms with Gasteiger partial charge in [0.05, 0.1) is 5.52 Å². The van der Waals surface area contributed by atoms with Crippen LogP contribution < -0.4 is 5.32 Å². The predicted octanol–water partition coefficient (Wildman–Crippen LogP) is 1.92. The van der Waals surface area contributed by atoms with Crippen LogP contribution in [0.5, 0.6) is 5.75 Å². The van der Waals surface area contributed by atoms with Crippen molar-refractivity contribution in [3.8, 4) is 5.75 Å². The summed E-state index contributed by atoms with van der Waals surface area (Å²) >= 11 is 0. The summed E-state index contributed by atoms with van der Waals surface area (Å²) in [5.41, 5.74) is 0.789. The number of H-pyrrole nitrogens is 1. The van der Waals surface area contributed by atoms with E-state index < -0.39 is 5.91 Å². The van der Waals surface area contributed by atoms with Gasteiger partial charge in [-0.1, -0.05) is 12.1 Å². The molecule has 0 saturated carbocycles. The van der Waals surface area contributed by atoms with E-state index >= 15 is 0 Å². The Balaban J connectivity index is 1.94. The van der Waals surface area contributed by atoms with Crippen LogP contribution in [-0.2, 0) is 0 Å². The number of anilines is 1. The van der Waals surface area contributed by atoms with Gasteiger partial charge in [0, 0.05) is 11.6 Å². The number of aromatic nitrogens is 3. The zero-order valence-corrected chi connectivity index (χ0v) is 9.79. The monoisotopic (exact) mass is 254 g/mol. The molecule has 1 amide bonds. The highest BCUT2D eigenvalue weighted by molar-refractivity contribution is 6.08. The quantitative estimate of drug-likeness (QED) is 0.651. The number of benzene rings is 1. The number of amides is 1. The molecule has 0 aliphatic heterocycles. The van der Waals surface area contributed by atoms with Gasteiger partial charge in [-0.25, -0.2) is 4.98 Å². The van der Waals surface area contributed by atoms with Crippen molar-refractivity contribution in [2.75, 3.05) is 5.32 Å². The Bertz CT molecular complexity index is 751. The van der Waals surface area contributed by atoms with E-state index in [1.54, 1.807) is 6.07 Å². The number of nitrogens with zero attached hydrogens (tertiary/aromatic N) is 2. The SMILES string of the molecule is O=C(Nc1n[nH]c2ccccc12)c1ncccc1O. The van der Waals surface area contributed by atoms with Crippen LogP contribution in [0.15, 0.2) is 42.6 Å². The van der Waals surface area contributed by atoms with Crippen molar-refractivity contribution in [2.45, 2.75) is 0 Å². The van der Waals surface area contributed by atoms with Crippen molar-refractivity contribution >= 4 is 22.6 Å². The Labute approximate surface area is 108 Å². The van der Waals surface area contributed by atoms with Crippen LogP contribution >= 0.6 is 0 Å². The molecule has 0 atom stereocenters. The Morgan fingerprint density at radius 3 is 2.89 bits per heavy atom. The molecule has 19 heavy (non-hydrogen) atoms. The van der Waals surface area contributed by atoms with Crippen molar-refractivity contribution in [1.29, 1.82) is 0 Å². The summed E-state index contributed by atoms with van der Waals surface area (Å²) in [4.78, 5) is 15.8. The van der Waals surface area contributed by atoms with Crippen molar-refractivity contribution in [3.05, 3.63) is 48.3 Å². The molecule has 0 spiro atoms. The molecule has 0 fully saturated rings. The number of hydrogen-bond donors (Lipinski definition) is 3. The van der Waals surface area contributed by atoms with E-state index in [2.05, 4.69) is 20.5 Å². The fourth-order valence-electron chi connectivity index (χ4n) is 1.80. The highest BCUT2D eigenvalue weighted by Crippen LogP contribution is 2.21. The van der Waals surface area contributed by atoms with Gasteiger partial charge in [0.15, 0.2) is 11.5 Å². The minimum Gasteiger partial charge on any atom is -0.505 e. The summed E-state index contributed by atoms with van der Waals surface area (Å²) in [7, 11) is 0. The van der Waals surface area contributed by atoms with Crippen molar-refractivity contribution < 1.29 is 9.90 Å². The van der Waals surface area contributed by atoms with Crippen LogP contribution in [0.25, 0.3) is 10.9 Å². The van der Waals surface area contributed by atoms with E-state index in [0.717, 1.165) is 10.9 Å². The molecule has 0 radical (unpaired) electrons. The van der Waals surface area contributed by atoms with Crippen molar-refractivity contribution in [3.63, 3.8) is 0 Å². The van der Waals surface area contributed by atoms with Gasteiger partial charge >= 0.3 is 0 Å². The predicted molar refractivity (Wildman–Crippen MR) is 69.9 cm³/mol. The molecule has 2 heterocycles. The number of nitrogens with one attached hydrogen (secondary N) is 2. The molecule has 3 rings (SSSR count). The fourth-order valence-corrected chi connectivity index (χ4v) is 1.80. The third-order valence-corrected chi connectivity index (χ3v) is 2.70. The number of carbonyl (C=O) groups is 1. The first-order valence-corrected chi connectivity index (χ1v) is 5.64. The number of pyridine rings is 1. The minimum absolute atomic E-state index is 0.0328. The van der Waals surface area contributed by atoms with Gasteiger partial charge in [-0.3, -0.25) is 9.89 Å². The molecule has 2 aromatic heterocycles. The molecule has 6 nitrogen and oxygen atoms in total. The molecule has 1 aromatic carbocycles. The van der Waals surface area contributed by atoms with E-state index in [1.165, 1.54) is 12.3 Å². The molecule has 6 heteroatoms. The summed E-state index contributed by atoms with van der Waals surface area (Å²) in [5, 5.41) is 19.8. The van der Waals surface area contributed by atoms with Crippen LogP contribution in [0.1, 0.15) is 10.5 Å². The van der Waals surface area contributed by atoms with E-state index in [0.29, 0.717) is 5.82 Å². The Kier molecular flexibility index (Phi) is 2.60. The molecule has 3 aromatic rings. The topological polar surface area (TPSA) is 90.9 Å². The maximum atomic E-state index is 12.0. The zero-order chi connectivity index (χ0) is 13.2. The standard InChI is InChI=1S/C13H10N4O2/c18-10-6-3-7-14-11(10)13(19)15-12-8-4-1-2-5-9(8)16-17-12/h1-7,18H,(H2,15,16,17,19). The van der Waals surface area contributed by atoms with E-state index in [4.69, 9.17) is 0 Å². The second kappa shape index (κ2) is 4.41. The average Bonchev–Trinajstić information content (AvgIpc) is 2.83. The third kappa shape index (κ3) is 1.99. The molecule has 3 N–H and O–H groups in total. The molecule has 0 bridgehead atoms. The molecular weight excluding hydrogens is 244 g/mol. The lowest BCUT2D eigenvalue weighted by Crippen LogP contribution is -2.14. The summed E-state index contributed by atoms with van der Waals surface area (Å²) in [6.45, 7) is 0. The first kappa shape index (κ1) is 11.2. The van der Waals surface area contributed by atoms with Gasteiger partial charge in [0.25, 0.3) is 5.91 Å². The number of aromatic hydroxyl groups is 1. The van der Waals surface area contributed by atoms with Crippen molar-refractivity contribution in [2.24, 2.45) is 0 Å². The highest BCUT2D eigenvalue weighted by atomic mass is 16.3. The van der Waals surface area contributed by atoms with Gasteiger partial charge in [-0.05, 0) is 24.3 Å². The molecule has 0 aliphatic carbocycles. The first-order valence-electron chi connectivity index (χ1n) is 5.64. The summed E-state index contributed by atoms with van der Waals surface area (Å²) < 4.78 is 0. The van der Waals surface area contributed by atoms with Gasteiger partial charge in [0.1, 0.15) is 5.75 Å². The summed E-state index contributed by atoms with van der Waals surface area (Å²) in [5.74, 6) is -0.263. The highest BCUT2D eigenvalue weighted by Gasteiger charge is 2.15. The number of para-hydroxylation sites is 1. The number of carbonyl (C=O) groups excluding carboxylic acids is 1. The zero-order valence-electron chi connectivity index (χ0n) is 9.79. The van der Waals surface area contributed by atoms with E-state index in [9.17, 15) is 9.90 Å². The minimum atomic E-state index is -0.504. The van der Waals surface area contributed by atoms with Gasteiger partial charge in [0.2, 0.25) is 0 Å². The molecular formula is C13H10N4O2. The Morgan fingerprint density at radius 2 is 2.05 bits per heavy atom. The van der Waals surface area contributed by atoms with Crippen LogP contribution in [0, 0.1) is 0 Å². The second-order valence-electron chi connectivity index (χ2n) is 3.94. The lowest BCUT2D eigenvalue weighted by atomic mass is 10.2. The normalized spacial score (nSPS) is 10.5. The first-order chi connectivity index (χ1) is 9.25. The van der Waals surface area contributed by atoms with E-state index in [1.807, 2.05) is 24.3 Å². The molecule has 94 valence electrons.